The highest BCUT2D eigenvalue weighted by Gasteiger charge is 2.21. The second kappa shape index (κ2) is 3.90. The van der Waals surface area contributed by atoms with Crippen LogP contribution in [0.4, 0.5) is 0 Å². The van der Waals surface area contributed by atoms with E-state index in [1.54, 1.807) is 0 Å². The summed E-state index contributed by atoms with van der Waals surface area (Å²) >= 11 is 0. The van der Waals surface area contributed by atoms with Crippen LogP contribution < -0.4 is 5.32 Å². The molecule has 0 aliphatic heterocycles. The lowest BCUT2D eigenvalue weighted by atomic mass is 10.5. The van der Waals surface area contributed by atoms with Gasteiger partial charge in [-0.2, -0.15) is 4.98 Å². The molecule has 0 unspecified atom stereocenters. The Morgan fingerprint density at radius 2 is 2.27 bits per heavy atom. The molecule has 0 atom stereocenters. The molecule has 84 valence electrons. The molecule has 6 nitrogen and oxygen atoms in total. The average molecular weight is 231 g/mol. The number of nitrogens with one attached hydrogen (secondary N) is 1. The predicted octanol–water partition coefficient (Wildman–Crippen LogP) is -0.134. The highest BCUT2D eigenvalue weighted by molar-refractivity contribution is 7.89. The molecular weight excluding hydrogens is 218 g/mol. The maximum Gasteiger partial charge on any atom is 0.241 e. The standard InChI is InChI=1S/C8H13N3O3S/c1-15(12,13)5-8-10-7(11-14-8)4-9-6-2-3-6/h6,9H,2-5H2,1H3. The molecular formula is C8H13N3O3S. The number of nitrogens with zero attached hydrogens (tertiary/aromatic N) is 2. The molecule has 0 amide bonds. The van der Waals surface area contributed by atoms with E-state index in [1.807, 2.05) is 0 Å². The zero-order valence-electron chi connectivity index (χ0n) is 8.43. The molecule has 1 heterocycles. The molecule has 2 rings (SSSR count). The molecule has 0 spiro atoms. The Morgan fingerprint density at radius 1 is 1.53 bits per heavy atom. The van der Waals surface area contributed by atoms with Crippen molar-refractivity contribution in [3.63, 3.8) is 0 Å². The van der Waals surface area contributed by atoms with Crippen LogP contribution in [0.2, 0.25) is 0 Å². The molecule has 1 N–H and O–H groups in total. The minimum Gasteiger partial charge on any atom is -0.338 e. The summed E-state index contributed by atoms with van der Waals surface area (Å²) in [5.41, 5.74) is 0. The van der Waals surface area contributed by atoms with E-state index in [0.29, 0.717) is 18.4 Å². The molecule has 0 aromatic carbocycles. The molecule has 1 aromatic rings. The Kier molecular flexibility index (Phi) is 2.74. The van der Waals surface area contributed by atoms with Crippen LogP contribution in [0.3, 0.4) is 0 Å². The van der Waals surface area contributed by atoms with Gasteiger partial charge in [0.25, 0.3) is 0 Å². The van der Waals surface area contributed by atoms with Gasteiger partial charge in [0.15, 0.2) is 15.7 Å². The van der Waals surface area contributed by atoms with E-state index in [9.17, 15) is 8.42 Å². The van der Waals surface area contributed by atoms with E-state index in [1.165, 1.54) is 12.8 Å². The monoisotopic (exact) mass is 231 g/mol. The first-order chi connectivity index (χ1) is 7.03. The lowest BCUT2D eigenvalue weighted by molar-refractivity contribution is 0.381. The molecule has 0 bridgehead atoms. The highest BCUT2D eigenvalue weighted by Crippen LogP contribution is 2.18. The fourth-order valence-electron chi connectivity index (χ4n) is 1.17. The largest absolute Gasteiger partial charge is 0.338 e. The molecule has 15 heavy (non-hydrogen) atoms. The van der Waals surface area contributed by atoms with Gasteiger partial charge in [0.1, 0.15) is 5.75 Å². The molecule has 1 aromatic heterocycles. The van der Waals surface area contributed by atoms with E-state index in [-0.39, 0.29) is 11.6 Å². The Hall–Kier alpha value is -0.950. The minimum atomic E-state index is -3.10. The van der Waals surface area contributed by atoms with Crippen LogP contribution in [-0.4, -0.2) is 30.9 Å². The topological polar surface area (TPSA) is 85.1 Å². The van der Waals surface area contributed by atoms with Crippen LogP contribution in [0.1, 0.15) is 24.6 Å². The van der Waals surface area contributed by atoms with Crippen molar-refractivity contribution >= 4 is 9.84 Å². The van der Waals surface area contributed by atoms with Crippen molar-refractivity contribution in [1.29, 1.82) is 0 Å². The maximum atomic E-state index is 10.9. The van der Waals surface area contributed by atoms with Crippen molar-refractivity contribution in [2.45, 2.75) is 31.2 Å². The van der Waals surface area contributed by atoms with Gasteiger partial charge in [-0.15, -0.1) is 0 Å². The zero-order valence-corrected chi connectivity index (χ0v) is 9.25. The van der Waals surface area contributed by atoms with Gasteiger partial charge < -0.3 is 9.84 Å². The molecule has 1 fully saturated rings. The third kappa shape index (κ3) is 3.60. The van der Waals surface area contributed by atoms with Gasteiger partial charge in [-0.25, -0.2) is 8.42 Å². The minimum absolute atomic E-state index is 0.157. The van der Waals surface area contributed by atoms with Crippen molar-refractivity contribution < 1.29 is 12.9 Å². The second-order valence-corrected chi connectivity index (χ2v) is 5.97. The highest BCUT2D eigenvalue weighted by atomic mass is 32.2. The number of aromatic nitrogens is 2. The number of sulfone groups is 1. The average Bonchev–Trinajstić information content (AvgIpc) is 2.83. The first-order valence-corrected chi connectivity index (χ1v) is 6.81. The summed E-state index contributed by atoms with van der Waals surface area (Å²) in [4.78, 5) is 3.98. The fraction of sp³-hybridized carbons (Fsp3) is 0.750. The Balaban J connectivity index is 1.90. The number of rotatable bonds is 5. The van der Waals surface area contributed by atoms with Gasteiger partial charge in [-0.05, 0) is 12.8 Å². The first kappa shape index (κ1) is 10.6. The smallest absolute Gasteiger partial charge is 0.241 e. The van der Waals surface area contributed by atoms with Gasteiger partial charge in [-0.3, -0.25) is 0 Å². The number of hydrogen-bond donors (Lipinski definition) is 1. The molecule has 1 aliphatic carbocycles. The SMILES string of the molecule is CS(=O)(=O)Cc1nc(CNC2CC2)no1. The summed E-state index contributed by atoms with van der Waals surface area (Å²) in [6.07, 6.45) is 3.52. The summed E-state index contributed by atoms with van der Waals surface area (Å²) < 4.78 is 26.7. The summed E-state index contributed by atoms with van der Waals surface area (Å²) in [5, 5.41) is 6.90. The first-order valence-electron chi connectivity index (χ1n) is 4.75. The van der Waals surface area contributed by atoms with Crippen LogP contribution in [0.25, 0.3) is 0 Å². The van der Waals surface area contributed by atoms with E-state index in [4.69, 9.17) is 4.52 Å². The van der Waals surface area contributed by atoms with Crippen LogP contribution in [0, 0.1) is 0 Å². The van der Waals surface area contributed by atoms with Gasteiger partial charge in [0, 0.05) is 12.3 Å². The summed E-state index contributed by atoms with van der Waals surface area (Å²) in [7, 11) is -3.10. The third-order valence-corrected chi connectivity index (χ3v) is 2.79. The zero-order chi connectivity index (χ0) is 10.9. The van der Waals surface area contributed by atoms with Crippen molar-refractivity contribution in [2.24, 2.45) is 0 Å². The van der Waals surface area contributed by atoms with Crippen LogP contribution in [-0.2, 0) is 22.1 Å². The predicted molar refractivity (Wildman–Crippen MR) is 52.7 cm³/mol. The van der Waals surface area contributed by atoms with Crippen LogP contribution in [0.15, 0.2) is 4.52 Å². The summed E-state index contributed by atoms with van der Waals surface area (Å²) in [5.74, 6) is 0.481. The van der Waals surface area contributed by atoms with Gasteiger partial charge in [-0.1, -0.05) is 5.16 Å². The molecule has 1 aliphatic rings. The van der Waals surface area contributed by atoms with Crippen LogP contribution in [0.5, 0.6) is 0 Å². The van der Waals surface area contributed by atoms with E-state index in [2.05, 4.69) is 15.5 Å². The van der Waals surface area contributed by atoms with E-state index in [0.717, 1.165) is 6.26 Å². The fourth-order valence-corrected chi connectivity index (χ4v) is 1.73. The summed E-state index contributed by atoms with van der Waals surface area (Å²) in [6, 6.07) is 0.571. The van der Waals surface area contributed by atoms with Gasteiger partial charge in [0.05, 0.1) is 6.54 Å². The number of hydrogen-bond acceptors (Lipinski definition) is 6. The quantitative estimate of drug-likeness (QED) is 0.759. The maximum absolute atomic E-state index is 10.9. The normalized spacial score (nSPS) is 16.9. The lowest BCUT2D eigenvalue weighted by Gasteiger charge is -1.94. The summed E-state index contributed by atoms with van der Waals surface area (Å²) in [6.45, 7) is 0.540. The molecule has 7 heteroatoms. The third-order valence-electron chi connectivity index (χ3n) is 2.02. The van der Waals surface area contributed by atoms with Crippen molar-refractivity contribution in [3.8, 4) is 0 Å². The Bertz CT molecular complexity index is 436. The van der Waals surface area contributed by atoms with Crippen molar-refractivity contribution in [2.75, 3.05) is 6.26 Å². The lowest BCUT2D eigenvalue weighted by Crippen LogP contribution is -2.16. The van der Waals surface area contributed by atoms with Gasteiger partial charge >= 0.3 is 0 Å². The van der Waals surface area contributed by atoms with Crippen molar-refractivity contribution in [3.05, 3.63) is 11.7 Å². The van der Waals surface area contributed by atoms with E-state index >= 15 is 0 Å². The van der Waals surface area contributed by atoms with Crippen LogP contribution >= 0.6 is 0 Å². The van der Waals surface area contributed by atoms with E-state index < -0.39 is 9.84 Å². The second-order valence-electron chi connectivity index (χ2n) is 3.83. The van der Waals surface area contributed by atoms with Crippen molar-refractivity contribution in [1.82, 2.24) is 15.5 Å². The Morgan fingerprint density at radius 3 is 2.87 bits per heavy atom. The Labute approximate surface area is 88.0 Å². The molecule has 0 radical (unpaired) electrons. The molecule has 1 saturated carbocycles. The molecule has 0 saturated heterocycles. The van der Waals surface area contributed by atoms with Gasteiger partial charge in [0.2, 0.25) is 5.89 Å².